The molecule has 0 aliphatic carbocycles. The lowest BCUT2D eigenvalue weighted by Gasteiger charge is -2.43. The molecule has 1 saturated heterocycles. The lowest BCUT2D eigenvalue weighted by Crippen LogP contribution is -2.57. The molecule has 1 heterocycles. The van der Waals surface area contributed by atoms with Crippen molar-refractivity contribution in [3.05, 3.63) is 34.1 Å². The molecule has 4 heteroatoms. The fourth-order valence-corrected chi connectivity index (χ4v) is 3.51. The van der Waals surface area contributed by atoms with Crippen molar-refractivity contribution in [3.8, 4) is 0 Å². The molecular weight excluding hydrogens is 319 g/mol. The van der Waals surface area contributed by atoms with Crippen molar-refractivity contribution in [3.63, 3.8) is 0 Å². The van der Waals surface area contributed by atoms with Crippen LogP contribution in [0.4, 0.5) is 4.39 Å². The topological polar surface area (TPSA) is 29.3 Å². The normalized spacial score (nSPS) is 20.9. The lowest BCUT2D eigenvalue weighted by molar-refractivity contribution is 0.0995. The van der Waals surface area contributed by atoms with Crippen molar-refractivity contribution in [2.75, 3.05) is 13.1 Å². The maximum Gasteiger partial charge on any atom is 0.126 e. The highest BCUT2D eigenvalue weighted by Crippen LogP contribution is 2.29. The predicted octanol–water partition coefficient (Wildman–Crippen LogP) is 3.72. The fourth-order valence-electron chi connectivity index (χ4n) is 3.10. The van der Waals surface area contributed by atoms with E-state index in [1.807, 2.05) is 6.07 Å². The summed E-state index contributed by atoms with van der Waals surface area (Å²) in [4.78, 5) is 2.48. The summed E-state index contributed by atoms with van der Waals surface area (Å²) in [6, 6.07) is 5.01. The smallest absolute Gasteiger partial charge is 0.126 e. The molecule has 2 nitrogen and oxygen atoms in total. The predicted molar refractivity (Wildman–Crippen MR) is 85.3 cm³/mol. The summed E-state index contributed by atoms with van der Waals surface area (Å²) < 4.78 is 14.8. The Morgan fingerprint density at radius 2 is 2.05 bits per heavy atom. The molecule has 0 aromatic heterocycles. The third kappa shape index (κ3) is 3.23. The maximum absolute atomic E-state index is 13.9. The molecular formula is C16H24BrFN2. The van der Waals surface area contributed by atoms with Crippen molar-refractivity contribution < 1.29 is 4.39 Å². The van der Waals surface area contributed by atoms with E-state index in [1.165, 1.54) is 18.9 Å². The number of nitrogens with zero attached hydrogens (tertiary/aromatic N) is 1. The summed E-state index contributed by atoms with van der Waals surface area (Å²) in [6.07, 6.45) is 4.05. The third-order valence-electron chi connectivity index (χ3n) is 4.79. The van der Waals surface area contributed by atoms with Crippen LogP contribution in [0.25, 0.3) is 0 Å². The van der Waals surface area contributed by atoms with Gasteiger partial charge in [-0.05, 0) is 69.5 Å². The molecule has 0 radical (unpaired) electrons. The number of halogens is 2. The number of likely N-dealkylation sites (tertiary alicyclic amines) is 1. The van der Waals surface area contributed by atoms with Crippen LogP contribution >= 0.6 is 15.9 Å². The van der Waals surface area contributed by atoms with E-state index in [9.17, 15) is 4.39 Å². The summed E-state index contributed by atoms with van der Waals surface area (Å²) in [6.45, 7) is 6.62. The molecule has 20 heavy (non-hydrogen) atoms. The van der Waals surface area contributed by atoms with Gasteiger partial charge in [0.25, 0.3) is 0 Å². The Balaban J connectivity index is 2.16. The molecule has 1 fully saturated rings. The van der Waals surface area contributed by atoms with Gasteiger partial charge in [0, 0.05) is 16.1 Å². The summed E-state index contributed by atoms with van der Waals surface area (Å²) >= 11 is 3.40. The first-order valence-electron chi connectivity index (χ1n) is 7.42. The molecule has 2 N–H and O–H groups in total. The molecule has 1 aliphatic heterocycles. The molecule has 1 aromatic carbocycles. The average Bonchev–Trinajstić information content (AvgIpc) is 2.96. The molecule has 0 spiro atoms. The quantitative estimate of drug-likeness (QED) is 0.883. The van der Waals surface area contributed by atoms with Gasteiger partial charge in [-0.25, -0.2) is 4.39 Å². The van der Waals surface area contributed by atoms with Crippen molar-refractivity contribution >= 4 is 15.9 Å². The van der Waals surface area contributed by atoms with Gasteiger partial charge in [0.05, 0.1) is 0 Å². The van der Waals surface area contributed by atoms with Gasteiger partial charge in [0.1, 0.15) is 5.82 Å². The van der Waals surface area contributed by atoms with E-state index in [0.717, 1.165) is 24.0 Å². The van der Waals surface area contributed by atoms with Crippen LogP contribution in [0.15, 0.2) is 22.7 Å². The van der Waals surface area contributed by atoms with E-state index in [1.54, 1.807) is 6.07 Å². The van der Waals surface area contributed by atoms with Gasteiger partial charge >= 0.3 is 0 Å². The molecule has 0 bridgehead atoms. The van der Waals surface area contributed by atoms with E-state index >= 15 is 0 Å². The van der Waals surface area contributed by atoms with Gasteiger partial charge in [0.15, 0.2) is 0 Å². The number of nitrogens with two attached hydrogens (primary N) is 1. The Morgan fingerprint density at radius 3 is 2.65 bits per heavy atom. The van der Waals surface area contributed by atoms with E-state index < -0.39 is 0 Å². The van der Waals surface area contributed by atoms with Crippen LogP contribution in [0.1, 0.15) is 38.7 Å². The van der Waals surface area contributed by atoms with Gasteiger partial charge in [-0.3, -0.25) is 4.90 Å². The highest BCUT2D eigenvalue weighted by Gasteiger charge is 2.37. The zero-order chi connectivity index (χ0) is 14.8. The first-order chi connectivity index (χ1) is 9.47. The summed E-state index contributed by atoms with van der Waals surface area (Å²) in [5.41, 5.74) is 7.12. The first-order valence-corrected chi connectivity index (χ1v) is 8.21. The van der Waals surface area contributed by atoms with Gasteiger partial charge in [-0.1, -0.05) is 22.9 Å². The Hall–Kier alpha value is -0.450. The van der Waals surface area contributed by atoms with E-state index in [4.69, 9.17) is 5.73 Å². The van der Waals surface area contributed by atoms with Gasteiger partial charge in [-0.2, -0.15) is 0 Å². The second-order valence-corrected chi connectivity index (χ2v) is 6.87. The molecule has 2 atom stereocenters. The van der Waals surface area contributed by atoms with Crippen LogP contribution < -0.4 is 5.73 Å². The number of rotatable bonds is 5. The Labute approximate surface area is 129 Å². The summed E-state index contributed by atoms with van der Waals surface area (Å²) in [7, 11) is 0. The van der Waals surface area contributed by atoms with E-state index in [2.05, 4.69) is 34.7 Å². The van der Waals surface area contributed by atoms with Gasteiger partial charge in [0.2, 0.25) is 0 Å². The maximum atomic E-state index is 13.9. The summed E-state index contributed by atoms with van der Waals surface area (Å²) in [5, 5.41) is 0. The van der Waals surface area contributed by atoms with Crippen molar-refractivity contribution in [1.29, 1.82) is 0 Å². The van der Waals surface area contributed by atoms with Crippen LogP contribution in [0.5, 0.6) is 0 Å². The first kappa shape index (κ1) is 15.9. The molecule has 1 aliphatic rings. The van der Waals surface area contributed by atoms with Crippen LogP contribution in [0.2, 0.25) is 0 Å². The van der Waals surface area contributed by atoms with E-state index in [-0.39, 0.29) is 17.4 Å². The van der Waals surface area contributed by atoms with Crippen molar-refractivity contribution in [2.45, 2.75) is 51.1 Å². The minimum Gasteiger partial charge on any atom is -0.326 e. The number of benzene rings is 1. The summed E-state index contributed by atoms with van der Waals surface area (Å²) in [5.74, 6) is -0.163. The van der Waals surface area contributed by atoms with Crippen LogP contribution in [-0.2, 0) is 6.42 Å². The van der Waals surface area contributed by atoms with Crippen molar-refractivity contribution in [1.82, 2.24) is 4.90 Å². The standard InChI is InChI=1S/C16H24BrFN2/c1-3-16(2,20-8-4-5-9-20)15(19)11-12-10-13(17)6-7-14(12)18/h6-7,10,15H,3-5,8-9,11,19H2,1-2H3. The molecule has 2 unspecified atom stereocenters. The van der Waals surface area contributed by atoms with E-state index in [0.29, 0.717) is 12.0 Å². The van der Waals surface area contributed by atoms with Gasteiger partial charge < -0.3 is 5.73 Å². The molecule has 1 aromatic rings. The minimum absolute atomic E-state index is 0.0503. The van der Waals surface area contributed by atoms with Crippen LogP contribution in [-0.4, -0.2) is 29.6 Å². The molecule has 0 saturated carbocycles. The lowest BCUT2D eigenvalue weighted by atomic mass is 9.84. The molecule has 2 rings (SSSR count). The Morgan fingerprint density at radius 1 is 1.40 bits per heavy atom. The number of hydrogen-bond donors (Lipinski definition) is 1. The zero-order valence-electron chi connectivity index (χ0n) is 12.3. The monoisotopic (exact) mass is 342 g/mol. The third-order valence-corrected chi connectivity index (χ3v) is 5.28. The Bertz CT molecular complexity index is 460. The SMILES string of the molecule is CCC(C)(C(N)Cc1cc(Br)ccc1F)N1CCCC1. The van der Waals surface area contributed by atoms with Crippen molar-refractivity contribution in [2.24, 2.45) is 5.73 Å². The fraction of sp³-hybridized carbons (Fsp3) is 0.625. The highest BCUT2D eigenvalue weighted by atomic mass is 79.9. The number of hydrogen-bond acceptors (Lipinski definition) is 2. The van der Waals surface area contributed by atoms with Crippen LogP contribution in [0.3, 0.4) is 0 Å². The minimum atomic E-state index is -0.163. The molecule has 112 valence electrons. The van der Waals surface area contributed by atoms with Gasteiger partial charge in [-0.15, -0.1) is 0 Å². The zero-order valence-corrected chi connectivity index (χ0v) is 13.9. The second kappa shape index (κ2) is 6.54. The Kier molecular flexibility index (Phi) is 5.21. The highest BCUT2D eigenvalue weighted by molar-refractivity contribution is 9.10. The molecule has 0 amide bonds. The second-order valence-electron chi connectivity index (χ2n) is 5.95. The average molecular weight is 343 g/mol. The largest absolute Gasteiger partial charge is 0.326 e. The van der Waals surface area contributed by atoms with Crippen LogP contribution in [0, 0.1) is 5.82 Å².